The predicted molar refractivity (Wildman–Crippen MR) is 105 cm³/mol. The van der Waals surface area contributed by atoms with Gasteiger partial charge in [0.1, 0.15) is 0 Å². The van der Waals surface area contributed by atoms with Crippen molar-refractivity contribution in [2.24, 2.45) is 0 Å². The highest BCUT2D eigenvalue weighted by molar-refractivity contribution is 7.92. The second-order valence-electron chi connectivity index (χ2n) is 5.87. The fourth-order valence-corrected chi connectivity index (χ4v) is 3.74. The molecular weight excluding hydrogens is 380 g/mol. The molecule has 144 valence electrons. The number of carbonyl (C=O) groups is 1. The molecule has 1 heterocycles. The minimum atomic E-state index is -3.76. The molecule has 0 fully saturated rings. The molecule has 0 saturated heterocycles. The largest absolute Gasteiger partial charge is 0.465 e. The molecule has 2 aromatic carbocycles. The smallest absolute Gasteiger partial charge is 0.337 e. The molecule has 0 bridgehead atoms. The van der Waals surface area contributed by atoms with E-state index < -0.39 is 16.0 Å². The van der Waals surface area contributed by atoms with Crippen LogP contribution in [0.15, 0.2) is 65.6 Å². The molecule has 0 atom stereocenters. The van der Waals surface area contributed by atoms with Crippen LogP contribution in [0.5, 0.6) is 0 Å². The summed E-state index contributed by atoms with van der Waals surface area (Å²) < 4.78 is 32.1. The highest BCUT2D eigenvalue weighted by Gasteiger charge is 2.17. The first-order valence-corrected chi connectivity index (χ1v) is 9.75. The summed E-state index contributed by atoms with van der Waals surface area (Å²) in [6, 6.07) is 16.4. The van der Waals surface area contributed by atoms with E-state index in [9.17, 15) is 13.2 Å². The van der Waals surface area contributed by atoms with E-state index in [-0.39, 0.29) is 10.7 Å². The monoisotopic (exact) mass is 398 g/mol. The van der Waals surface area contributed by atoms with Crippen molar-refractivity contribution in [3.8, 4) is 0 Å². The van der Waals surface area contributed by atoms with E-state index in [2.05, 4.69) is 25.0 Å². The van der Waals surface area contributed by atoms with E-state index in [1.54, 1.807) is 55.5 Å². The minimum absolute atomic E-state index is 0.0946. The Balaban J connectivity index is 1.74. The normalized spacial score (nSPS) is 10.9. The van der Waals surface area contributed by atoms with Crippen molar-refractivity contribution >= 4 is 33.3 Å². The third kappa shape index (κ3) is 4.44. The molecule has 3 aromatic rings. The van der Waals surface area contributed by atoms with Gasteiger partial charge < -0.3 is 10.1 Å². The number of aromatic nitrogens is 2. The molecule has 0 amide bonds. The van der Waals surface area contributed by atoms with E-state index in [1.807, 2.05) is 0 Å². The third-order valence-electron chi connectivity index (χ3n) is 3.84. The molecule has 0 saturated carbocycles. The van der Waals surface area contributed by atoms with E-state index in [4.69, 9.17) is 0 Å². The quantitative estimate of drug-likeness (QED) is 0.614. The van der Waals surface area contributed by atoms with Crippen LogP contribution in [0.4, 0.5) is 17.3 Å². The average molecular weight is 398 g/mol. The van der Waals surface area contributed by atoms with Gasteiger partial charge in [-0.15, -0.1) is 10.2 Å². The molecule has 1 aromatic heterocycles. The van der Waals surface area contributed by atoms with Crippen molar-refractivity contribution in [1.29, 1.82) is 0 Å². The number of aryl methyl sites for hydroxylation is 1. The minimum Gasteiger partial charge on any atom is -0.465 e. The highest BCUT2D eigenvalue weighted by atomic mass is 32.2. The predicted octanol–water partition coefficient (Wildman–Crippen LogP) is 3.12. The molecule has 8 nitrogen and oxygen atoms in total. The lowest BCUT2D eigenvalue weighted by molar-refractivity contribution is 0.0601. The number of hydrogen-bond acceptors (Lipinski definition) is 7. The summed E-state index contributed by atoms with van der Waals surface area (Å²) >= 11 is 0. The van der Waals surface area contributed by atoms with Crippen molar-refractivity contribution in [3.63, 3.8) is 0 Å². The number of benzene rings is 2. The fraction of sp³-hybridized carbons (Fsp3) is 0.105. The van der Waals surface area contributed by atoms with Crippen molar-refractivity contribution in [1.82, 2.24) is 10.2 Å². The molecule has 0 aliphatic carbocycles. The van der Waals surface area contributed by atoms with Crippen LogP contribution >= 0.6 is 0 Å². The van der Waals surface area contributed by atoms with Crippen molar-refractivity contribution in [2.75, 3.05) is 17.1 Å². The number of carbonyl (C=O) groups excluding carboxylic acids is 1. The number of nitrogens with zero attached hydrogens (tertiary/aromatic N) is 2. The van der Waals surface area contributed by atoms with Gasteiger partial charge in [-0.25, -0.2) is 13.2 Å². The van der Waals surface area contributed by atoms with Gasteiger partial charge in [0.15, 0.2) is 11.6 Å². The summed E-state index contributed by atoms with van der Waals surface area (Å²) in [5.41, 5.74) is 1.64. The Bertz CT molecular complexity index is 1100. The van der Waals surface area contributed by atoms with Crippen LogP contribution < -0.4 is 10.0 Å². The van der Waals surface area contributed by atoms with Crippen LogP contribution in [-0.2, 0) is 14.8 Å². The number of ether oxygens (including phenoxy) is 1. The summed E-state index contributed by atoms with van der Waals surface area (Å²) in [7, 11) is -2.45. The molecule has 0 aliphatic rings. The van der Waals surface area contributed by atoms with Gasteiger partial charge in [0.05, 0.1) is 17.6 Å². The molecule has 3 rings (SSSR count). The summed E-state index contributed by atoms with van der Waals surface area (Å²) in [6.45, 7) is 1.72. The van der Waals surface area contributed by atoms with Gasteiger partial charge in [-0.3, -0.25) is 4.72 Å². The zero-order chi connectivity index (χ0) is 20.1. The van der Waals surface area contributed by atoms with Gasteiger partial charge in [0, 0.05) is 5.69 Å². The van der Waals surface area contributed by atoms with E-state index >= 15 is 0 Å². The second-order valence-corrected chi connectivity index (χ2v) is 7.52. The van der Waals surface area contributed by atoms with Crippen LogP contribution in [-0.4, -0.2) is 31.7 Å². The Kier molecular flexibility index (Phi) is 5.55. The van der Waals surface area contributed by atoms with Crippen LogP contribution in [0.3, 0.4) is 0 Å². The Morgan fingerprint density at radius 1 is 0.964 bits per heavy atom. The van der Waals surface area contributed by atoms with Crippen LogP contribution in [0, 0.1) is 6.92 Å². The van der Waals surface area contributed by atoms with E-state index in [0.29, 0.717) is 22.6 Å². The number of methoxy groups -OCH3 is 1. The number of anilines is 3. The average Bonchev–Trinajstić information content (AvgIpc) is 2.69. The zero-order valence-corrected chi connectivity index (χ0v) is 16.0. The van der Waals surface area contributed by atoms with Gasteiger partial charge in [-0.2, -0.15) is 0 Å². The lowest BCUT2D eigenvalue weighted by Gasteiger charge is -2.10. The lowest BCUT2D eigenvalue weighted by Crippen LogP contribution is -2.15. The standard InChI is InChI=1S/C19H18N4O4S/c1-13-6-3-4-9-16(13)28(25,26)23-18-11-10-17(21-22-18)20-15-8-5-7-14(12-15)19(24)27-2/h3-12H,1-2H3,(H,20,21)(H,22,23). The first-order chi connectivity index (χ1) is 13.4. The van der Waals surface area contributed by atoms with Gasteiger partial charge in [-0.1, -0.05) is 24.3 Å². The van der Waals surface area contributed by atoms with Crippen LogP contribution in [0.1, 0.15) is 15.9 Å². The van der Waals surface area contributed by atoms with E-state index in [1.165, 1.54) is 19.2 Å². The summed E-state index contributed by atoms with van der Waals surface area (Å²) in [5.74, 6) is 0.0358. The molecule has 28 heavy (non-hydrogen) atoms. The maximum Gasteiger partial charge on any atom is 0.337 e. The van der Waals surface area contributed by atoms with Crippen LogP contribution in [0.2, 0.25) is 0 Å². The summed E-state index contributed by atoms with van der Waals surface area (Å²) in [5, 5.41) is 10.9. The third-order valence-corrected chi connectivity index (χ3v) is 5.36. The SMILES string of the molecule is COC(=O)c1cccc(Nc2ccc(NS(=O)(=O)c3ccccc3C)nn2)c1. The maximum atomic E-state index is 12.5. The maximum absolute atomic E-state index is 12.5. The lowest BCUT2D eigenvalue weighted by atomic mass is 10.2. The van der Waals surface area contributed by atoms with Gasteiger partial charge in [-0.05, 0) is 48.9 Å². The Morgan fingerprint density at radius 3 is 2.36 bits per heavy atom. The molecule has 0 unspecified atom stereocenters. The molecule has 0 aliphatic heterocycles. The Hall–Kier alpha value is -3.46. The fourth-order valence-electron chi connectivity index (χ4n) is 2.49. The molecule has 0 spiro atoms. The number of nitrogens with one attached hydrogen (secondary N) is 2. The molecular formula is C19H18N4O4S. The van der Waals surface area contributed by atoms with Gasteiger partial charge in [0.2, 0.25) is 0 Å². The first kappa shape index (κ1) is 19.3. The van der Waals surface area contributed by atoms with Crippen molar-refractivity contribution in [3.05, 3.63) is 71.8 Å². The van der Waals surface area contributed by atoms with Gasteiger partial charge in [0.25, 0.3) is 10.0 Å². The van der Waals surface area contributed by atoms with Crippen molar-refractivity contribution in [2.45, 2.75) is 11.8 Å². The molecule has 0 radical (unpaired) electrons. The number of hydrogen-bond donors (Lipinski definition) is 2. The van der Waals surface area contributed by atoms with E-state index in [0.717, 1.165) is 0 Å². The zero-order valence-electron chi connectivity index (χ0n) is 15.2. The highest BCUT2D eigenvalue weighted by Crippen LogP contribution is 2.20. The second kappa shape index (κ2) is 8.05. The first-order valence-electron chi connectivity index (χ1n) is 8.26. The number of esters is 1. The summed E-state index contributed by atoms with van der Waals surface area (Å²) in [6.07, 6.45) is 0. The Labute approximate surface area is 162 Å². The van der Waals surface area contributed by atoms with Crippen LogP contribution in [0.25, 0.3) is 0 Å². The molecule has 9 heteroatoms. The topological polar surface area (TPSA) is 110 Å². The molecule has 2 N–H and O–H groups in total. The number of sulfonamides is 1. The van der Waals surface area contributed by atoms with Gasteiger partial charge >= 0.3 is 5.97 Å². The number of rotatable bonds is 6. The Morgan fingerprint density at radius 2 is 1.68 bits per heavy atom. The van der Waals surface area contributed by atoms with Crippen molar-refractivity contribution < 1.29 is 17.9 Å². The summed E-state index contributed by atoms with van der Waals surface area (Å²) in [4.78, 5) is 11.8.